The van der Waals surface area contributed by atoms with E-state index in [4.69, 9.17) is 25.8 Å². The van der Waals surface area contributed by atoms with Gasteiger partial charge in [0.1, 0.15) is 6.04 Å². The summed E-state index contributed by atoms with van der Waals surface area (Å²) in [6.07, 6.45) is 0. The lowest BCUT2D eigenvalue weighted by atomic mass is 10.2. The molecule has 13 heteroatoms. The predicted molar refractivity (Wildman–Crippen MR) is 117 cm³/mol. The largest absolute Gasteiger partial charge is 0.493 e. The quantitative estimate of drug-likeness (QED) is 0.342. The monoisotopic (exact) mass is 499 g/mol. The molecule has 2 rings (SSSR count). The number of hydrogen-bond donors (Lipinski definition) is 3. The smallest absolute Gasteiger partial charge is 0.324 e. The molecular weight excluding hydrogens is 478 g/mol. The summed E-state index contributed by atoms with van der Waals surface area (Å²) in [5.74, 6) is -1.75. The van der Waals surface area contributed by atoms with Crippen LogP contribution in [0.1, 0.15) is 17.3 Å². The highest BCUT2D eigenvalue weighted by Crippen LogP contribution is 2.27. The molecule has 2 amide bonds. The molecule has 0 aliphatic heterocycles. The van der Waals surface area contributed by atoms with Crippen LogP contribution in [0.15, 0.2) is 47.4 Å². The molecule has 1 atom stereocenters. The van der Waals surface area contributed by atoms with Crippen LogP contribution < -0.4 is 25.0 Å². The molecule has 11 nitrogen and oxygen atoms in total. The molecule has 0 saturated heterocycles. The molecule has 1 unspecified atom stereocenters. The number of nitrogens with one attached hydrogen (secondary N) is 3. The zero-order valence-electron chi connectivity index (χ0n) is 17.9. The number of carbonyl (C=O) groups is 3. The van der Waals surface area contributed by atoms with E-state index in [2.05, 4.69) is 15.6 Å². The summed E-state index contributed by atoms with van der Waals surface area (Å²) in [4.78, 5) is 36.0. The van der Waals surface area contributed by atoms with Gasteiger partial charge in [-0.1, -0.05) is 11.6 Å². The molecular formula is C20H22ClN3O8S. The lowest BCUT2D eigenvalue weighted by molar-refractivity contribution is -0.149. The van der Waals surface area contributed by atoms with Gasteiger partial charge in [0, 0.05) is 10.6 Å². The topological polar surface area (TPSA) is 149 Å². The maximum Gasteiger partial charge on any atom is 0.324 e. The zero-order chi connectivity index (χ0) is 24.6. The highest BCUT2D eigenvalue weighted by atomic mass is 35.5. The van der Waals surface area contributed by atoms with Gasteiger partial charge in [0.25, 0.3) is 11.8 Å². The second-order valence-corrected chi connectivity index (χ2v) is 8.63. The molecule has 178 valence electrons. The fraction of sp³-hybridized carbons (Fsp3) is 0.250. The summed E-state index contributed by atoms with van der Waals surface area (Å²) < 4.78 is 41.7. The zero-order valence-corrected chi connectivity index (χ0v) is 19.5. The number of methoxy groups -OCH3 is 2. The molecule has 0 aliphatic rings. The van der Waals surface area contributed by atoms with Gasteiger partial charge >= 0.3 is 5.97 Å². The summed E-state index contributed by atoms with van der Waals surface area (Å²) in [6, 6.07) is 8.43. The van der Waals surface area contributed by atoms with Crippen molar-refractivity contribution >= 4 is 39.4 Å². The van der Waals surface area contributed by atoms with Crippen molar-refractivity contribution in [2.75, 3.05) is 20.8 Å². The number of hydrogen-bond acceptors (Lipinski definition) is 8. The van der Waals surface area contributed by atoms with Crippen LogP contribution in [0.2, 0.25) is 5.02 Å². The number of halogens is 1. The second kappa shape index (κ2) is 11.5. The average molecular weight is 500 g/mol. The number of esters is 1. The van der Waals surface area contributed by atoms with Crippen molar-refractivity contribution in [3.05, 3.63) is 53.1 Å². The molecule has 3 N–H and O–H groups in total. The van der Waals surface area contributed by atoms with Gasteiger partial charge in [0.2, 0.25) is 10.0 Å². The van der Waals surface area contributed by atoms with E-state index in [-0.39, 0.29) is 10.5 Å². The van der Waals surface area contributed by atoms with Crippen molar-refractivity contribution in [1.29, 1.82) is 0 Å². The maximum atomic E-state index is 12.3. The third-order valence-corrected chi connectivity index (χ3v) is 5.92. The number of ether oxygens (including phenoxy) is 3. The van der Waals surface area contributed by atoms with Crippen molar-refractivity contribution in [2.24, 2.45) is 0 Å². The number of amides is 2. The molecule has 0 aliphatic carbocycles. The number of sulfonamides is 1. The molecule has 0 spiro atoms. The second-order valence-electron chi connectivity index (χ2n) is 6.48. The minimum atomic E-state index is -4.01. The first-order valence-electron chi connectivity index (χ1n) is 9.33. The lowest BCUT2D eigenvalue weighted by Gasteiger charge is -2.14. The van der Waals surface area contributed by atoms with Crippen molar-refractivity contribution in [3.63, 3.8) is 0 Å². The highest BCUT2D eigenvalue weighted by Gasteiger charge is 2.24. The molecule has 0 aromatic heterocycles. The molecule has 0 radical (unpaired) electrons. The summed E-state index contributed by atoms with van der Waals surface area (Å²) in [6.45, 7) is 0.505. The SMILES string of the molecule is COc1ccc(C(=O)NNC(=O)COC(=O)C(C)NS(=O)(=O)c2ccc(Cl)cc2)cc1OC. The first-order chi connectivity index (χ1) is 15.6. The standard InChI is InChI=1S/C20H22ClN3O8S/c1-12(24-33(28,29)15-7-5-14(21)6-8-15)20(27)32-11-18(25)22-23-19(26)13-4-9-16(30-2)17(10-13)31-3/h4-10,12,24H,11H2,1-3H3,(H,22,25)(H,23,26). The molecule has 0 saturated carbocycles. The van der Waals surface area contributed by atoms with E-state index < -0.39 is 40.5 Å². The Hall–Kier alpha value is -3.35. The Bertz CT molecular complexity index is 1120. The van der Waals surface area contributed by atoms with E-state index in [0.29, 0.717) is 16.5 Å². The van der Waals surface area contributed by atoms with Gasteiger partial charge in [-0.25, -0.2) is 8.42 Å². The van der Waals surface area contributed by atoms with E-state index in [9.17, 15) is 22.8 Å². The van der Waals surface area contributed by atoms with Gasteiger partial charge in [-0.15, -0.1) is 0 Å². The minimum Gasteiger partial charge on any atom is -0.493 e. The van der Waals surface area contributed by atoms with Crippen LogP contribution in [0.5, 0.6) is 11.5 Å². The van der Waals surface area contributed by atoms with Gasteiger partial charge in [0.15, 0.2) is 18.1 Å². The van der Waals surface area contributed by atoms with Gasteiger partial charge in [-0.05, 0) is 49.4 Å². The number of rotatable bonds is 9. The van der Waals surface area contributed by atoms with Crippen LogP contribution >= 0.6 is 11.6 Å². The molecule has 0 heterocycles. The third-order valence-electron chi connectivity index (χ3n) is 4.12. The van der Waals surface area contributed by atoms with E-state index in [1.807, 2.05) is 0 Å². The summed E-state index contributed by atoms with van der Waals surface area (Å²) in [5, 5.41) is 0.352. The number of carbonyl (C=O) groups excluding carboxylic acids is 3. The fourth-order valence-corrected chi connectivity index (χ4v) is 3.75. The fourth-order valence-electron chi connectivity index (χ4n) is 2.44. The summed E-state index contributed by atoms with van der Waals surface area (Å²) in [5.41, 5.74) is 4.41. The summed E-state index contributed by atoms with van der Waals surface area (Å²) in [7, 11) is -1.15. The molecule has 0 fully saturated rings. The Kier molecular flexibility index (Phi) is 9.02. The van der Waals surface area contributed by atoms with Gasteiger partial charge in [-0.2, -0.15) is 4.72 Å². The van der Waals surface area contributed by atoms with Gasteiger partial charge < -0.3 is 14.2 Å². The van der Waals surface area contributed by atoms with Crippen LogP contribution in [-0.4, -0.2) is 53.1 Å². The molecule has 2 aromatic carbocycles. The molecule has 2 aromatic rings. The Morgan fingerprint density at radius 1 is 0.970 bits per heavy atom. The molecule has 0 bridgehead atoms. The van der Waals surface area contributed by atoms with Gasteiger partial charge in [0.05, 0.1) is 19.1 Å². The lowest BCUT2D eigenvalue weighted by Crippen LogP contribution is -2.45. The maximum absolute atomic E-state index is 12.3. The normalized spacial score (nSPS) is 11.8. The van der Waals surface area contributed by atoms with Crippen LogP contribution in [-0.2, 0) is 24.3 Å². The Labute approximate surface area is 195 Å². The van der Waals surface area contributed by atoms with E-state index >= 15 is 0 Å². The first kappa shape index (κ1) is 25.9. The van der Waals surface area contributed by atoms with Crippen molar-refractivity contribution in [3.8, 4) is 11.5 Å². The third kappa shape index (κ3) is 7.34. The van der Waals surface area contributed by atoms with E-state index in [0.717, 1.165) is 0 Å². The van der Waals surface area contributed by atoms with E-state index in [1.165, 1.54) is 63.6 Å². The highest BCUT2D eigenvalue weighted by molar-refractivity contribution is 7.89. The van der Waals surface area contributed by atoms with Gasteiger partial charge in [-0.3, -0.25) is 25.2 Å². The predicted octanol–water partition coefficient (Wildman–Crippen LogP) is 1.03. The first-order valence-corrected chi connectivity index (χ1v) is 11.2. The van der Waals surface area contributed by atoms with E-state index in [1.54, 1.807) is 0 Å². The van der Waals surface area contributed by atoms with Crippen LogP contribution in [0, 0.1) is 0 Å². The minimum absolute atomic E-state index is 0.0952. The Balaban J connectivity index is 1.83. The van der Waals surface area contributed by atoms with Crippen molar-refractivity contribution < 1.29 is 37.0 Å². The number of benzene rings is 2. The number of hydrazine groups is 1. The van der Waals surface area contributed by atoms with Crippen molar-refractivity contribution in [2.45, 2.75) is 17.9 Å². The van der Waals surface area contributed by atoms with Crippen LogP contribution in [0.25, 0.3) is 0 Å². The molecule has 33 heavy (non-hydrogen) atoms. The summed E-state index contributed by atoms with van der Waals surface area (Å²) >= 11 is 5.73. The average Bonchev–Trinajstić information content (AvgIpc) is 2.80. The van der Waals surface area contributed by atoms with Crippen molar-refractivity contribution in [1.82, 2.24) is 15.6 Å². The Morgan fingerprint density at radius 2 is 1.61 bits per heavy atom. The van der Waals surface area contributed by atoms with Crippen LogP contribution in [0.3, 0.4) is 0 Å². The Morgan fingerprint density at radius 3 is 2.21 bits per heavy atom. The van der Waals surface area contributed by atoms with Crippen LogP contribution in [0.4, 0.5) is 0 Å².